The van der Waals surface area contributed by atoms with Gasteiger partial charge in [0, 0.05) is 22.2 Å². The summed E-state index contributed by atoms with van der Waals surface area (Å²) >= 11 is 1.45. The Kier molecular flexibility index (Phi) is 4.22. The highest BCUT2D eigenvalue weighted by atomic mass is 32.1. The molecule has 0 fully saturated rings. The number of rotatable bonds is 5. The molecule has 0 aliphatic rings. The van der Waals surface area contributed by atoms with E-state index in [9.17, 15) is 4.79 Å². The molecule has 0 saturated heterocycles. The molecule has 6 nitrogen and oxygen atoms in total. The highest BCUT2D eigenvalue weighted by molar-refractivity contribution is 7.14. The lowest BCUT2D eigenvalue weighted by atomic mass is 10.1. The van der Waals surface area contributed by atoms with E-state index in [0.717, 1.165) is 16.9 Å². The van der Waals surface area contributed by atoms with Crippen molar-refractivity contribution in [3.05, 3.63) is 59.5 Å². The molecule has 0 radical (unpaired) electrons. The summed E-state index contributed by atoms with van der Waals surface area (Å²) in [6.07, 6.45) is 0. The van der Waals surface area contributed by atoms with E-state index >= 15 is 0 Å². The highest BCUT2D eigenvalue weighted by Crippen LogP contribution is 2.28. The lowest BCUT2D eigenvalue weighted by Crippen LogP contribution is -2.10. The average Bonchev–Trinajstić information content (AvgIpc) is 3.03. The Morgan fingerprint density at radius 2 is 1.91 bits per heavy atom. The maximum Gasteiger partial charge on any atom is 0.248 e. The number of carbonyl (C=O) groups is 1. The predicted octanol–water partition coefficient (Wildman–Crippen LogP) is 3.45. The van der Waals surface area contributed by atoms with Gasteiger partial charge in [-0.15, -0.1) is 11.3 Å². The summed E-state index contributed by atoms with van der Waals surface area (Å²) in [7, 11) is 0. The van der Waals surface area contributed by atoms with Gasteiger partial charge in [0.2, 0.25) is 5.91 Å². The summed E-state index contributed by atoms with van der Waals surface area (Å²) in [5.74, 6) is -0.471. The van der Waals surface area contributed by atoms with Gasteiger partial charge >= 0.3 is 0 Å². The van der Waals surface area contributed by atoms with E-state index in [1.54, 1.807) is 30.3 Å². The average molecular weight is 326 g/mol. The van der Waals surface area contributed by atoms with E-state index in [1.807, 2.05) is 23.6 Å². The fourth-order valence-electron chi connectivity index (χ4n) is 2.09. The minimum absolute atomic E-state index is 0.438. The monoisotopic (exact) mass is 326 g/mol. The van der Waals surface area contributed by atoms with Gasteiger partial charge in [-0.05, 0) is 30.3 Å². The Morgan fingerprint density at radius 1 is 1.13 bits per heavy atom. The Morgan fingerprint density at radius 3 is 2.70 bits per heavy atom. The van der Waals surface area contributed by atoms with Crippen LogP contribution in [0.25, 0.3) is 11.3 Å². The minimum Gasteiger partial charge on any atom is -0.366 e. The third kappa shape index (κ3) is 3.47. The Labute approximate surface area is 136 Å². The normalized spacial score (nSPS) is 10.3. The predicted molar refractivity (Wildman–Crippen MR) is 91.2 cm³/mol. The third-order valence-corrected chi connectivity index (χ3v) is 3.95. The first kappa shape index (κ1) is 15.0. The zero-order chi connectivity index (χ0) is 16.2. The van der Waals surface area contributed by atoms with Crippen LogP contribution >= 0.6 is 11.3 Å². The number of thiazole rings is 1. The molecule has 0 saturated carbocycles. The molecule has 3 rings (SSSR count). The van der Waals surface area contributed by atoms with Gasteiger partial charge in [-0.25, -0.2) is 4.98 Å². The van der Waals surface area contributed by atoms with Gasteiger partial charge in [0.15, 0.2) is 5.13 Å². The molecular formula is C16H14N4O2S. The second-order valence-electron chi connectivity index (χ2n) is 4.80. The summed E-state index contributed by atoms with van der Waals surface area (Å²) in [4.78, 5) is 15.7. The maximum absolute atomic E-state index is 11.2. The van der Waals surface area contributed by atoms with Gasteiger partial charge in [0.1, 0.15) is 0 Å². The van der Waals surface area contributed by atoms with Gasteiger partial charge in [0.25, 0.3) is 0 Å². The van der Waals surface area contributed by atoms with Crippen LogP contribution in [0.5, 0.6) is 0 Å². The van der Waals surface area contributed by atoms with Crippen LogP contribution in [0.15, 0.2) is 53.9 Å². The largest absolute Gasteiger partial charge is 0.366 e. The number of nitrogens with zero attached hydrogens (tertiary/aromatic N) is 1. The molecule has 116 valence electrons. The highest BCUT2D eigenvalue weighted by Gasteiger charge is 2.07. The lowest BCUT2D eigenvalue weighted by Gasteiger charge is -2.04. The summed E-state index contributed by atoms with van der Waals surface area (Å²) in [5.41, 5.74) is 10.9. The third-order valence-electron chi connectivity index (χ3n) is 3.19. The molecule has 1 amide bonds. The number of hydrogen-bond acceptors (Lipinski definition) is 6. The fraction of sp³-hybridized carbons (Fsp3) is 0. The molecule has 23 heavy (non-hydrogen) atoms. The van der Waals surface area contributed by atoms with Gasteiger partial charge in [-0.2, -0.15) is 0 Å². The van der Waals surface area contributed by atoms with Crippen molar-refractivity contribution in [2.45, 2.75) is 0 Å². The van der Waals surface area contributed by atoms with Crippen molar-refractivity contribution in [1.82, 2.24) is 4.98 Å². The van der Waals surface area contributed by atoms with Gasteiger partial charge in [-0.1, -0.05) is 18.2 Å². The standard InChI is InChI=1S/C16H14N4O2S/c17-15(21)11-4-2-5-12(8-11)18-16-19-14(9-23-16)10-3-1-6-13(7-10)20-22/h1-9,20,22H,(H2,17,21)(H,18,19). The van der Waals surface area contributed by atoms with Crippen molar-refractivity contribution in [1.29, 1.82) is 0 Å². The van der Waals surface area contributed by atoms with Crippen LogP contribution in [0.1, 0.15) is 10.4 Å². The number of benzene rings is 2. The summed E-state index contributed by atoms with van der Waals surface area (Å²) in [5, 5.41) is 14.7. The fourth-order valence-corrected chi connectivity index (χ4v) is 2.83. The van der Waals surface area contributed by atoms with Crippen molar-refractivity contribution in [3.63, 3.8) is 0 Å². The molecule has 3 aromatic rings. The number of primary amides is 1. The van der Waals surface area contributed by atoms with Crippen LogP contribution in [0, 0.1) is 0 Å². The maximum atomic E-state index is 11.2. The number of amides is 1. The number of nitrogens with two attached hydrogens (primary N) is 1. The van der Waals surface area contributed by atoms with E-state index in [0.29, 0.717) is 16.4 Å². The molecular weight excluding hydrogens is 312 g/mol. The molecule has 0 unspecified atom stereocenters. The van der Waals surface area contributed by atoms with Crippen LogP contribution in [-0.2, 0) is 0 Å². The molecule has 1 aromatic heterocycles. The first-order chi connectivity index (χ1) is 11.2. The van der Waals surface area contributed by atoms with Crippen molar-refractivity contribution < 1.29 is 10.0 Å². The zero-order valence-corrected chi connectivity index (χ0v) is 12.8. The first-order valence-corrected chi connectivity index (χ1v) is 7.66. The molecule has 0 aliphatic carbocycles. The second-order valence-corrected chi connectivity index (χ2v) is 5.66. The van der Waals surface area contributed by atoms with E-state index in [4.69, 9.17) is 10.9 Å². The van der Waals surface area contributed by atoms with Gasteiger partial charge in [-0.3, -0.25) is 15.5 Å². The van der Waals surface area contributed by atoms with Gasteiger partial charge in [0.05, 0.1) is 11.4 Å². The van der Waals surface area contributed by atoms with Crippen molar-refractivity contribution in [3.8, 4) is 11.3 Å². The van der Waals surface area contributed by atoms with Gasteiger partial charge < -0.3 is 11.1 Å². The van der Waals surface area contributed by atoms with Crippen LogP contribution in [-0.4, -0.2) is 16.1 Å². The quantitative estimate of drug-likeness (QED) is 0.538. The van der Waals surface area contributed by atoms with E-state index in [-0.39, 0.29) is 0 Å². The lowest BCUT2D eigenvalue weighted by molar-refractivity contribution is 0.100. The molecule has 2 aromatic carbocycles. The SMILES string of the molecule is NC(=O)c1cccc(Nc2nc(-c3cccc(NO)c3)cs2)c1. The molecule has 0 aliphatic heterocycles. The number of carbonyl (C=O) groups excluding carboxylic acids is 1. The second kappa shape index (κ2) is 6.47. The topological polar surface area (TPSA) is 100 Å². The number of anilines is 3. The zero-order valence-electron chi connectivity index (χ0n) is 12.0. The molecule has 0 spiro atoms. The Hall–Kier alpha value is -2.90. The molecule has 7 heteroatoms. The number of nitrogens with one attached hydrogen (secondary N) is 2. The Bertz CT molecular complexity index is 847. The summed E-state index contributed by atoms with van der Waals surface area (Å²) in [6.45, 7) is 0. The Balaban J connectivity index is 1.82. The minimum atomic E-state index is -0.471. The first-order valence-electron chi connectivity index (χ1n) is 6.78. The van der Waals surface area contributed by atoms with E-state index in [2.05, 4.69) is 15.8 Å². The van der Waals surface area contributed by atoms with Crippen molar-refractivity contribution in [2.24, 2.45) is 5.73 Å². The van der Waals surface area contributed by atoms with Crippen molar-refractivity contribution in [2.75, 3.05) is 10.8 Å². The van der Waals surface area contributed by atoms with Crippen molar-refractivity contribution >= 4 is 33.8 Å². The summed E-state index contributed by atoms with van der Waals surface area (Å²) < 4.78 is 0. The molecule has 0 bridgehead atoms. The molecule has 0 atom stereocenters. The van der Waals surface area contributed by atoms with Crippen LogP contribution in [0.2, 0.25) is 0 Å². The van der Waals surface area contributed by atoms with E-state index in [1.165, 1.54) is 11.3 Å². The van der Waals surface area contributed by atoms with Crippen LogP contribution < -0.4 is 16.5 Å². The van der Waals surface area contributed by atoms with E-state index < -0.39 is 5.91 Å². The van der Waals surface area contributed by atoms with Crippen LogP contribution in [0.3, 0.4) is 0 Å². The van der Waals surface area contributed by atoms with Crippen LogP contribution in [0.4, 0.5) is 16.5 Å². The summed E-state index contributed by atoms with van der Waals surface area (Å²) in [6, 6.07) is 14.2. The molecule has 5 N–H and O–H groups in total. The molecule has 1 heterocycles. The number of hydrogen-bond donors (Lipinski definition) is 4. The smallest absolute Gasteiger partial charge is 0.248 e. The number of aromatic nitrogens is 1.